The minimum atomic E-state index is -0.486. The third-order valence-corrected chi connectivity index (χ3v) is 4.02. The molecule has 136 valence electrons. The van der Waals surface area contributed by atoms with Crippen LogP contribution < -0.4 is 10.6 Å². The van der Waals surface area contributed by atoms with E-state index in [0.29, 0.717) is 31.1 Å². The number of hydrogen-bond acceptors (Lipinski definition) is 5. The Kier molecular flexibility index (Phi) is 6.52. The van der Waals surface area contributed by atoms with E-state index < -0.39 is 5.41 Å². The number of amides is 2. The molecule has 2 rings (SSSR count). The van der Waals surface area contributed by atoms with Crippen molar-refractivity contribution in [1.29, 1.82) is 0 Å². The Bertz CT molecular complexity index is 670. The van der Waals surface area contributed by atoms with Crippen LogP contribution in [0.2, 0.25) is 0 Å². The summed E-state index contributed by atoms with van der Waals surface area (Å²) in [6.07, 6.45) is 1.32. The summed E-state index contributed by atoms with van der Waals surface area (Å²) in [7, 11) is 0. The van der Waals surface area contributed by atoms with Crippen molar-refractivity contribution in [3.8, 4) is 0 Å². The fourth-order valence-corrected chi connectivity index (χ4v) is 2.53. The van der Waals surface area contributed by atoms with Gasteiger partial charge in [0.1, 0.15) is 0 Å². The van der Waals surface area contributed by atoms with Crippen LogP contribution in [-0.4, -0.2) is 34.4 Å². The van der Waals surface area contributed by atoms with Gasteiger partial charge in [-0.15, -0.1) is 0 Å². The summed E-state index contributed by atoms with van der Waals surface area (Å²) < 4.78 is 5.04. The number of aromatic nitrogens is 2. The van der Waals surface area contributed by atoms with Crippen molar-refractivity contribution in [2.24, 2.45) is 5.41 Å². The molecule has 0 saturated heterocycles. The molecule has 0 saturated carbocycles. The second kappa shape index (κ2) is 8.62. The van der Waals surface area contributed by atoms with Gasteiger partial charge in [-0.05, 0) is 18.9 Å². The number of nitrogens with one attached hydrogen (secondary N) is 2. The van der Waals surface area contributed by atoms with Gasteiger partial charge < -0.3 is 20.3 Å². The number of aliphatic hydroxyl groups is 1. The summed E-state index contributed by atoms with van der Waals surface area (Å²) >= 11 is 0. The molecule has 1 aromatic heterocycles. The van der Waals surface area contributed by atoms with Crippen LogP contribution in [0.4, 0.5) is 4.79 Å². The maximum absolute atomic E-state index is 12.2. The number of nitrogens with zero attached hydrogens (tertiary/aromatic N) is 2. The Hall–Kier alpha value is -2.41. The predicted octanol–water partition coefficient (Wildman–Crippen LogP) is 2.37. The summed E-state index contributed by atoms with van der Waals surface area (Å²) in [6, 6.07) is 9.09. The van der Waals surface area contributed by atoms with Crippen molar-refractivity contribution < 1.29 is 14.4 Å². The molecule has 0 radical (unpaired) electrons. The van der Waals surface area contributed by atoms with E-state index in [9.17, 15) is 9.90 Å². The monoisotopic (exact) mass is 346 g/mol. The first-order valence-corrected chi connectivity index (χ1v) is 8.42. The van der Waals surface area contributed by atoms with Crippen molar-refractivity contribution in [2.45, 2.75) is 39.7 Å². The molecular formula is C18H26N4O3. The van der Waals surface area contributed by atoms with Crippen LogP contribution in [0.1, 0.15) is 43.6 Å². The third kappa shape index (κ3) is 5.56. The van der Waals surface area contributed by atoms with E-state index in [2.05, 4.69) is 20.8 Å². The van der Waals surface area contributed by atoms with Gasteiger partial charge in [-0.3, -0.25) is 0 Å². The Morgan fingerprint density at radius 3 is 2.64 bits per heavy atom. The fraction of sp³-hybridized carbons (Fsp3) is 0.500. The number of benzene rings is 1. The number of carbonyl (C=O) groups is 1. The average Bonchev–Trinajstić information content (AvgIpc) is 3.02. The summed E-state index contributed by atoms with van der Waals surface area (Å²) in [6.45, 7) is 6.06. The maximum atomic E-state index is 12.2. The SMILES string of the molecule is Cc1noc(CCCNC(=O)NC(c2ccccc2)C(C)(C)CO)n1. The zero-order chi connectivity index (χ0) is 18.3. The molecule has 1 atom stereocenters. The van der Waals surface area contributed by atoms with Crippen molar-refractivity contribution in [3.63, 3.8) is 0 Å². The minimum Gasteiger partial charge on any atom is -0.396 e. The van der Waals surface area contributed by atoms with Gasteiger partial charge in [-0.1, -0.05) is 49.3 Å². The zero-order valence-electron chi connectivity index (χ0n) is 15.0. The van der Waals surface area contributed by atoms with Gasteiger partial charge in [-0.25, -0.2) is 4.79 Å². The Labute approximate surface area is 147 Å². The topological polar surface area (TPSA) is 100 Å². The molecule has 7 nitrogen and oxygen atoms in total. The lowest BCUT2D eigenvalue weighted by atomic mass is 9.81. The lowest BCUT2D eigenvalue weighted by molar-refractivity contribution is 0.118. The van der Waals surface area contributed by atoms with Gasteiger partial charge in [0.2, 0.25) is 5.89 Å². The molecule has 1 heterocycles. The minimum absolute atomic E-state index is 0.0383. The highest BCUT2D eigenvalue weighted by molar-refractivity contribution is 5.74. The van der Waals surface area contributed by atoms with Gasteiger partial charge in [0.15, 0.2) is 5.82 Å². The summed E-state index contributed by atoms with van der Waals surface area (Å²) in [5.41, 5.74) is 0.470. The van der Waals surface area contributed by atoms with Crippen molar-refractivity contribution >= 4 is 6.03 Å². The van der Waals surface area contributed by atoms with Crippen LogP contribution in [0.15, 0.2) is 34.9 Å². The van der Waals surface area contributed by atoms with E-state index in [4.69, 9.17) is 4.52 Å². The fourth-order valence-electron chi connectivity index (χ4n) is 2.53. The number of carbonyl (C=O) groups excluding carboxylic acids is 1. The van der Waals surface area contributed by atoms with E-state index in [1.54, 1.807) is 6.92 Å². The molecule has 3 N–H and O–H groups in total. The van der Waals surface area contributed by atoms with E-state index in [1.165, 1.54) is 0 Å². The third-order valence-electron chi connectivity index (χ3n) is 4.02. The molecule has 1 aromatic carbocycles. The van der Waals surface area contributed by atoms with Crippen molar-refractivity contribution in [3.05, 3.63) is 47.6 Å². The second-order valence-electron chi connectivity index (χ2n) is 6.73. The Balaban J connectivity index is 1.86. The van der Waals surface area contributed by atoms with E-state index >= 15 is 0 Å². The highest BCUT2D eigenvalue weighted by Crippen LogP contribution is 2.32. The van der Waals surface area contributed by atoms with Crippen LogP contribution in [0.3, 0.4) is 0 Å². The molecule has 0 fully saturated rings. The molecular weight excluding hydrogens is 320 g/mol. The Morgan fingerprint density at radius 1 is 1.32 bits per heavy atom. The van der Waals surface area contributed by atoms with E-state index in [1.807, 2.05) is 44.2 Å². The predicted molar refractivity (Wildman–Crippen MR) is 93.9 cm³/mol. The first-order valence-electron chi connectivity index (χ1n) is 8.42. The molecule has 1 unspecified atom stereocenters. The number of hydrogen-bond donors (Lipinski definition) is 3. The second-order valence-corrected chi connectivity index (χ2v) is 6.73. The largest absolute Gasteiger partial charge is 0.396 e. The smallest absolute Gasteiger partial charge is 0.315 e. The molecule has 0 bridgehead atoms. The highest BCUT2D eigenvalue weighted by atomic mass is 16.5. The molecule has 2 amide bonds. The Morgan fingerprint density at radius 2 is 2.04 bits per heavy atom. The lowest BCUT2D eigenvalue weighted by Crippen LogP contribution is -2.44. The van der Waals surface area contributed by atoms with Crippen LogP contribution in [0.25, 0.3) is 0 Å². The van der Waals surface area contributed by atoms with Crippen LogP contribution in [0, 0.1) is 12.3 Å². The van der Waals surface area contributed by atoms with Gasteiger partial charge in [0.05, 0.1) is 12.6 Å². The zero-order valence-corrected chi connectivity index (χ0v) is 15.0. The molecule has 25 heavy (non-hydrogen) atoms. The average molecular weight is 346 g/mol. The molecule has 0 spiro atoms. The van der Waals surface area contributed by atoms with Gasteiger partial charge in [-0.2, -0.15) is 4.98 Å². The van der Waals surface area contributed by atoms with Gasteiger partial charge in [0, 0.05) is 18.4 Å². The highest BCUT2D eigenvalue weighted by Gasteiger charge is 2.31. The number of aryl methyl sites for hydroxylation is 2. The molecule has 0 aliphatic rings. The molecule has 7 heteroatoms. The van der Waals surface area contributed by atoms with E-state index in [0.717, 1.165) is 5.56 Å². The maximum Gasteiger partial charge on any atom is 0.315 e. The number of rotatable bonds is 8. The first kappa shape index (κ1) is 18.9. The number of aliphatic hydroxyl groups excluding tert-OH is 1. The summed E-state index contributed by atoms with van der Waals surface area (Å²) in [5, 5.41) is 19.2. The standard InChI is InChI=1S/C18H26N4O3/c1-13-20-15(25-22-13)10-7-11-19-17(24)21-16(18(2,3)12-23)14-8-5-4-6-9-14/h4-6,8-9,16,23H,7,10-12H2,1-3H3,(H2,19,21,24). The normalized spacial score (nSPS) is 12.6. The van der Waals surface area contributed by atoms with Crippen LogP contribution >= 0.6 is 0 Å². The molecule has 0 aliphatic heterocycles. The van der Waals surface area contributed by atoms with Gasteiger partial charge >= 0.3 is 6.03 Å². The van der Waals surface area contributed by atoms with E-state index in [-0.39, 0.29) is 18.7 Å². The first-order chi connectivity index (χ1) is 11.9. The summed E-state index contributed by atoms with van der Waals surface area (Å²) in [4.78, 5) is 16.4. The van der Waals surface area contributed by atoms with Crippen molar-refractivity contribution in [1.82, 2.24) is 20.8 Å². The lowest BCUT2D eigenvalue weighted by Gasteiger charge is -2.33. The van der Waals surface area contributed by atoms with Crippen LogP contribution in [-0.2, 0) is 6.42 Å². The van der Waals surface area contributed by atoms with Crippen molar-refractivity contribution in [2.75, 3.05) is 13.2 Å². The molecule has 2 aromatic rings. The molecule has 0 aliphatic carbocycles. The van der Waals surface area contributed by atoms with Gasteiger partial charge in [0.25, 0.3) is 0 Å². The number of urea groups is 1. The van der Waals surface area contributed by atoms with Crippen LogP contribution in [0.5, 0.6) is 0 Å². The summed E-state index contributed by atoms with van der Waals surface area (Å²) in [5.74, 6) is 1.18. The quantitative estimate of drug-likeness (QED) is 0.637.